The zero-order valence-corrected chi connectivity index (χ0v) is 19.4. The van der Waals surface area contributed by atoms with Crippen LogP contribution in [0.3, 0.4) is 0 Å². The molecule has 0 spiro atoms. The van der Waals surface area contributed by atoms with Gasteiger partial charge in [-0.2, -0.15) is 0 Å². The Morgan fingerprint density at radius 3 is 2.44 bits per heavy atom. The fourth-order valence-corrected chi connectivity index (χ4v) is 5.79. The Balaban J connectivity index is 1.52. The summed E-state index contributed by atoms with van der Waals surface area (Å²) in [6, 6.07) is 12.4. The predicted molar refractivity (Wildman–Crippen MR) is 127 cm³/mol. The van der Waals surface area contributed by atoms with Gasteiger partial charge < -0.3 is 10.6 Å². The topological polar surface area (TPSA) is 90.5 Å². The molecule has 3 N–H and O–H groups in total. The van der Waals surface area contributed by atoms with Gasteiger partial charge >= 0.3 is 6.03 Å². The predicted octanol–water partition coefficient (Wildman–Crippen LogP) is 3.77. The number of hydrogen-bond acceptors (Lipinski definition) is 4. The van der Waals surface area contributed by atoms with E-state index in [2.05, 4.69) is 15.5 Å². The fraction of sp³-hybridized carbons (Fsp3) is 0.542. The molecule has 0 bridgehead atoms. The molecule has 0 radical (unpaired) electrons. The average molecular weight is 459 g/mol. The highest BCUT2D eigenvalue weighted by molar-refractivity contribution is 7.89. The highest BCUT2D eigenvalue weighted by Crippen LogP contribution is 2.21. The van der Waals surface area contributed by atoms with Crippen LogP contribution < -0.4 is 15.5 Å². The van der Waals surface area contributed by atoms with E-state index < -0.39 is 10.0 Å². The van der Waals surface area contributed by atoms with Gasteiger partial charge in [0.05, 0.1) is 4.90 Å². The minimum absolute atomic E-state index is 0.0992. The van der Waals surface area contributed by atoms with Crippen LogP contribution in [0.2, 0.25) is 0 Å². The number of amides is 2. The van der Waals surface area contributed by atoms with Crippen LogP contribution >= 0.6 is 0 Å². The van der Waals surface area contributed by atoms with Crippen molar-refractivity contribution < 1.29 is 13.2 Å². The molecule has 0 aromatic heterocycles. The molecule has 7 nitrogen and oxygen atoms in total. The van der Waals surface area contributed by atoms with E-state index in [9.17, 15) is 13.2 Å². The van der Waals surface area contributed by atoms with Gasteiger partial charge in [0.15, 0.2) is 0 Å². The lowest BCUT2D eigenvalue weighted by molar-refractivity contribution is 0.165. The summed E-state index contributed by atoms with van der Waals surface area (Å²) < 4.78 is 26.5. The van der Waals surface area contributed by atoms with Gasteiger partial charge in [0, 0.05) is 12.6 Å². The van der Waals surface area contributed by atoms with Crippen LogP contribution in [0.1, 0.15) is 51.4 Å². The Kier molecular flexibility index (Phi) is 7.65. The van der Waals surface area contributed by atoms with Gasteiger partial charge in [-0.1, -0.05) is 56.0 Å². The van der Waals surface area contributed by atoms with Gasteiger partial charge in [-0.3, -0.25) is 0 Å². The zero-order chi connectivity index (χ0) is 22.4. The number of hydrazine groups is 1. The second-order valence-electron chi connectivity index (χ2n) is 9.06. The van der Waals surface area contributed by atoms with Gasteiger partial charge in [-0.15, -0.1) is 4.83 Å². The number of benzene rings is 2. The minimum atomic E-state index is -3.90. The molecule has 2 aliphatic rings. The summed E-state index contributed by atoms with van der Waals surface area (Å²) in [6.45, 7) is 2.09. The summed E-state index contributed by atoms with van der Waals surface area (Å²) in [4.78, 5) is 15.9. The number of carbonyl (C=O) groups is 1. The van der Waals surface area contributed by atoms with Crippen molar-refractivity contribution in [2.24, 2.45) is 5.92 Å². The number of rotatable bonds is 6. The lowest BCUT2D eigenvalue weighted by atomic mass is 10.00. The van der Waals surface area contributed by atoms with Crippen LogP contribution in [0.15, 0.2) is 47.4 Å². The van der Waals surface area contributed by atoms with Crippen molar-refractivity contribution in [1.82, 2.24) is 20.5 Å². The van der Waals surface area contributed by atoms with Crippen LogP contribution in [0.4, 0.5) is 4.79 Å². The summed E-state index contributed by atoms with van der Waals surface area (Å²) in [5, 5.41) is 9.55. The molecule has 1 aliphatic heterocycles. The van der Waals surface area contributed by atoms with Crippen molar-refractivity contribution >= 4 is 26.8 Å². The second-order valence-corrected chi connectivity index (χ2v) is 10.7. The summed E-state index contributed by atoms with van der Waals surface area (Å²) in [5.74, 6) is 0.211. The molecule has 1 heterocycles. The van der Waals surface area contributed by atoms with Crippen LogP contribution in [0.5, 0.6) is 0 Å². The first-order chi connectivity index (χ1) is 15.5. The molecule has 4 rings (SSSR count). The van der Waals surface area contributed by atoms with Crippen molar-refractivity contribution in [3.8, 4) is 0 Å². The maximum atomic E-state index is 13.2. The molecule has 174 valence electrons. The first-order valence-electron chi connectivity index (χ1n) is 11.8. The molecule has 1 saturated carbocycles. The van der Waals surface area contributed by atoms with Gasteiger partial charge in [-0.25, -0.2) is 18.2 Å². The number of carbonyl (C=O) groups excluding carboxylic acids is 1. The summed E-state index contributed by atoms with van der Waals surface area (Å²) in [7, 11) is -3.90. The number of piperidine rings is 1. The Hall–Kier alpha value is -2.16. The quantitative estimate of drug-likeness (QED) is 0.454. The van der Waals surface area contributed by atoms with E-state index in [1.165, 1.54) is 17.9 Å². The minimum Gasteiger partial charge on any atom is -0.334 e. The van der Waals surface area contributed by atoms with Crippen LogP contribution in [0.25, 0.3) is 10.8 Å². The van der Waals surface area contributed by atoms with E-state index >= 15 is 0 Å². The standard InChI is InChI=1S/C24H34N4O3S/c29-24(26-22-11-3-1-2-4-12-22)28(18-19-8-7-15-25-17-19)27-32(30,31)23-14-13-20-9-5-6-10-21(20)16-23/h5-6,9-10,13-14,16,19,22,25,27H,1-4,7-8,11-12,15,17-18H2,(H,26,29). The van der Waals surface area contributed by atoms with Crippen molar-refractivity contribution in [3.05, 3.63) is 42.5 Å². The van der Waals surface area contributed by atoms with Crippen LogP contribution in [-0.2, 0) is 10.0 Å². The fourth-order valence-electron chi connectivity index (χ4n) is 4.71. The number of fused-ring (bicyclic) bond motifs is 1. The first-order valence-corrected chi connectivity index (χ1v) is 13.3. The average Bonchev–Trinajstić information content (AvgIpc) is 3.07. The van der Waals surface area contributed by atoms with Gasteiger partial charge in [0.2, 0.25) is 0 Å². The molecule has 1 aliphatic carbocycles. The molecule has 1 saturated heterocycles. The summed E-state index contributed by atoms with van der Waals surface area (Å²) in [6.07, 6.45) is 8.47. The highest BCUT2D eigenvalue weighted by atomic mass is 32.2. The molecule has 1 unspecified atom stereocenters. The summed E-state index contributed by atoms with van der Waals surface area (Å²) in [5.41, 5.74) is 0. The molecular weight excluding hydrogens is 424 g/mol. The Bertz CT molecular complexity index is 1010. The monoisotopic (exact) mass is 458 g/mol. The van der Waals surface area contributed by atoms with Gasteiger partial charge in [0.25, 0.3) is 10.0 Å². The first kappa shape index (κ1) is 23.0. The summed E-state index contributed by atoms with van der Waals surface area (Å²) >= 11 is 0. The SMILES string of the molecule is O=C(NC1CCCCCC1)N(CC1CCCNC1)NS(=O)(=O)c1ccc2ccccc2c1. The van der Waals surface area contributed by atoms with Crippen molar-refractivity contribution in [1.29, 1.82) is 0 Å². The zero-order valence-electron chi connectivity index (χ0n) is 18.6. The van der Waals surface area contributed by atoms with Gasteiger partial charge in [-0.05, 0) is 67.6 Å². The number of hydrogen-bond donors (Lipinski definition) is 3. The van der Waals surface area contributed by atoms with E-state index in [-0.39, 0.29) is 22.9 Å². The lowest BCUT2D eigenvalue weighted by Gasteiger charge is -2.31. The molecule has 32 heavy (non-hydrogen) atoms. The van der Waals surface area contributed by atoms with E-state index in [0.717, 1.165) is 62.4 Å². The molecule has 8 heteroatoms. The van der Waals surface area contributed by atoms with Gasteiger partial charge in [0.1, 0.15) is 0 Å². The third-order valence-electron chi connectivity index (χ3n) is 6.53. The normalized spacial score (nSPS) is 20.6. The van der Waals surface area contributed by atoms with E-state index in [4.69, 9.17) is 0 Å². The lowest BCUT2D eigenvalue weighted by Crippen LogP contribution is -2.55. The Labute approximate surface area is 191 Å². The number of nitrogens with one attached hydrogen (secondary N) is 3. The third kappa shape index (κ3) is 5.99. The van der Waals surface area contributed by atoms with E-state index in [1.807, 2.05) is 24.3 Å². The highest BCUT2D eigenvalue weighted by Gasteiger charge is 2.27. The second kappa shape index (κ2) is 10.6. The Morgan fingerprint density at radius 2 is 1.72 bits per heavy atom. The number of sulfonamides is 1. The third-order valence-corrected chi connectivity index (χ3v) is 7.86. The maximum Gasteiger partial charge on any atom is 0.332 e. The molecule has 1 atom stereocenters. The molecule has 2 aromatic rings. The number of nitrogens with zero attached hydrogens (tertiary/aromatic N) is 1. The van der Waals surface area contributed by atoms with Crippen molar-refractivity contribution in [2.75, 3.05) is 19.6 Å². The van der Waals surface area contributed by atoms with Crippen LogP contribution in [-0.4, -0.2) is 45.1 Å². The number of urea groups is 1. The molecular formula is C24H34N4O3S. The largest absolute Gasteiger partial charge is 0.334 e. The van der Waals surface area contributed by atoms with Crippen LogP contribution in [0, 0.1) is 5.92 Å². The smallest absolute Gasteiger partial charge is 0.332 e. The molecule has 2 aromatic carbocycles. The van der Waals surface area contributed by atoms with E-state index in [1.54, 1.807) is 18.2 Å². The van der Waals surface area contributed by atoms with E-state index in [0.29, 0.717) is 6.54 Å². The Morgan fingerprint density at radius 1 is 0.969 bits per heavy atom. The molecule has 2 amide bonds. The molecule has 2 fully saturated rings. The van der Waals surface area contributed by atoms with Crippen molar-refractivity contribution in [2.45, 2.75) is 62.3 Å². The maximum absolute atomic E-state index is 13.2. The van der Waals surface area contributed by atoms with Crippen molar-refractivity contribution in [3.63, 3.8) is 0 Å².